The Bertz CT molecular complexity index is 342. The van der Waals surface area contributed by atoms with Crippen LogP contribution in [0.2, 0.25) is 5.02 Å². The van der Waals surface area contributed by atoms with Crippen molar-refractivity contribution >= 4 is 23.2 Å². The summed E-state index contributed by atoms with van der Waals surface area (Å²) in [5.74, 6) is -0.413. The minimum Gasteiger partial charge on any atom is -0.348 e. The van der Waals surface area contributed by atoms with Gasteiger partial charge in [-0.1, -0.05) is 11.6 Å². The Hall–Kier alpha value is -1.17. The van der Waals surface area contributed by atoms with Crippen LogP contribution in [0, 0.1) is 0 Å². The fourth-order valence-corrected chi connectivity index (χ4v) is 1.17. The molecular weight excluding hydrogens is 220 g/mol. The predicted molar refractivity (Wildman–Crippen MR) is 55.7 cm³/mol. The molecule has 0 aliphatic rings. The highest BCUT2D eigenvalue weighted by atomic mass is 35.5. The van der Waals surface area contributed by atoms with Crippen LogP contribution in [0.15, 0.2) is 18.5 Å². The quantitative estimate of drug-likeness (QED) is 0.792. The molecule has 0 radical (unpaired) electrons. The maximum Gasteiger partial charge on any atom is 0.281 e. The van der Waals surface area contributed by atoms with Gasteiger partial charge >= 0.3 is 0 Å². The lowest BCUT2D eigenvalue weighted by molar-refractivity contribution is -0.153. The zero-order valence-corrected chi connectivity index (χ0v) is 9.12. The minimum atomic E-state index is -0.941. The Morgan fingerprint density at radius 3 is 2.67 bits per heavy atom. The zero-order valence-electron chi connectivity index (χ0n) is 8.36. The molecule has 1 amide bonds. The molecular formula is C9H11ClN2O3. The number of ether oxygens (including phenoxy) is 2. The van der Waals surface area contributed by atoms with Crippen LogP contribution in [0.25, 0.3) is 0 Å². The van der Waals surface area contributed by atoms with Gasteiger partial charge in [-0.2, -0.15) is 0 Å². The Morgan fingerprint density at radius 2 is 2.13 bits per heavy atom. The molecule has 0 saturated carbocycles. The van der Waals surface area contributed by atoms with Gasteiger partial charge in [0, 0.05) is 20.4 Å². The second-order valence-corrected chi connectivity index (χ2v) is 3.12. The molecule has 1 aromatic heterocycles. The van der Waals surface area contributed by atoms with E-state index in [1.807, 2.05) is 0 Å². The molecule has 1 rings (SSSR count). The first kappa shape index (κ1) is 11.9. The van der Waals surface area contributed by atoms with Crippen molar-refractivity contribution in [2.45, 2.75) is 6.29 Å². The molecule has 0 fully saturated rings. The van der Waals surface area contributed by atoms with Crippen molar-refractivity contribution < 1.29 is 14.3 Å². The first-order valence-electron chi connectivity index (χ1n) is 4.14. The number of methoxy groups -OCH3 is 2. The van der Waals surface area contributed by atoms with E-state index in [4.69, 9.17) is 21.1 Å². The smallest absolute Gasteiger partial charge is 0.281 e. The van der Waals surface area contributed by atoms with Crippen LogP contribution in [-0.4, -0.2) is 31.4 Å². The van der Waals surface area contributed by atoms with Gasteiger partial charge in [0.05, 0.1) is 16.9 Å². The fraction of sp³-hybridized carbons (Fsp3) is 0.333. The van der Waals surface area contributed by atoms with Crippen molar-refractivity contribution in [3.8, 4) is 0 Å². The van der Waals surface area contributed by atoms with E-state index in [0.717, 1.165) is 0 Å². The van der Waals surface area contributed by atoms with Crippen molar-refractivity contribution in [2.75, 3.05) is 19.5 Å². The number of halogens is 1. The van der Waals surface area contributed by atoms with Gasteiger partial charge in [-0.15, -0.1) is 0 Å². The van der Waals surface area contributed by atoms with Gasteiger partial charge in [0.2, 0.25) is 6.29 Å². The third kappa shape index (κ3) is 3.47. The SMILES string of the molecule is COC(OC)C(=O)Nc1cncc(Cl)c1. The van der Waals surface area contributed by atoms with Gasteiger partial charge in [-0.3, -0.25) is 9.78 Å². The Morgan fingerprint density at radius 1 is 1.47 bits per heavy atom. The molecule has 6 heteroatoms. The summed E-state index contributed by atoms with van der Waals surface area (Å²) >= 11 is 5.70. The summed E-state index contributed by atoms with van der Waals surface area (Å²) in [7, 11) is 2.76. The largest absolute Gasteiger partial charge is 0.348 e. The van der Waals surface area contributed by atoms with E-state index in [1.165, 1.54) is 26.6 Å². The number of rotatable bonds is 4. The average molecular weight is 231 g/mol. The van der Waals surface area contributed by atoms with Crippen LogP contribution in [-0.2, 0) is 14.3 Å². The highest BCUT2D eigenvalue weighted by Crippen LogP contribution is 2.13. The molecule has 0 aromatic carbocycles. The Balaban J connectivity index is 2.65. The standard InChI is InChI=1S/C9H11ClN2O3/c1-14-9(15-2)8(13)12-7-3-6(10)4-11-5-7/h3-5,9H,1-2H3,(H,12,13). The fourth-order valence-electron chi connectivity index (χ4n) is 0.992. The molecule has 0 spiro atoms. The van der Waals surface area contributed by atoms with E-state index in [0.29, 0.717) is 10.7 Å². The molecule has 0 atom stereocenters. The summed E-state index contributed by atoms with van der Waals surface area (Å²) in [4.78, 5) is 15.3. The molecule has 0 bridgehead atoms. The number of carbonyl (C=O) groups is 1. The lowest BCUT2D eigenvalue weighted by Crippen LogP contribution is -2.31. The topological polar surface area (TPSA) is 60.5 Å². The van der Waals surface area contributed by atoms with Gasteiger partial charge in [0.15, 0.2) is 0 Å². The molecule has 15 heavy (non-hydrogen) atoms. The molecule has 0 aliphatic carbocycles. The van der Waals surface area contributed by atoms with E-state index in [1.54, 1.807) is 6.07 Å². The van der Waals surface area contributed by atoms with Crippen molar-refractivity contribution in [2.24, 2.45) is 0 Å². The molecule has 1 heterocycles. The van der Waals surface area contributed by atoms with E-state index >= 15 is 0 Å². The molecule has 5 nitrogen and oxygen atoms in total. The van der Waals surface area contributed by atoms with Crippen molar-refractivity contribution in [1.82, 2.24) is 4.98 Å². The molecule has 82 valence electrons. The van der Waals surface area contributed by atoms with Crippen LogP contribution < -0.4 is 5.32 Å². The number of hydrogen-bond acceptors (Lipinski definition) is 4. The van der Waals surface area contributed by atoms with E-state index in [9.17, 15) is 4.79 Å². The maximum atomic E-state index is 11.5. The van der Waals surface area contributed by atoms with Gasteiger partial charge in [-0.25, -0.2) is 0 Å². The Kier molecular flexibility index (Phi) is 4.48. The van der Waals surface area contributed by atoms with Crippen molar-refractivity contribution in [1.29, 1.82) is 0 Å². The number of anilines is 1. The third-order valence-electron chi connectivity index (χ3n) is 1.61. The van der Waals surface area contributed by atoms with E-state index in [-0.39, 0.29) is 0 Å². The summed E-state index contributed by atoms with van der Waals surface area (Å²) < 4.78 is 9.55. The highest BCUT2D eigenvalue weighted by molar-refractivity contribution is 6.30. The van der Waals surface area contributed by atoms with Crippen LogP contribution in [0.1, 0.15) is 0 Å². The van der Waals surface area contributed by atoms with E-state index < -0.39 is 12.2 Å². The monoisotopic (exact) mass is 230 g/mol. The molecule has 0 unspecified atom stereocenters. The molecule has 1 aromatic rings. The van der Waals surface area contributed by atoms with Crippen LogP contribution in [0.5, 0.6) is 0 Å². The highest BCUT2D eigenvalue weighted by Gasteiger charge is 2.16. The maximum absolute atomic E-state index is 11.5. The summed E-state index contributed by atoms with van der Waals surface area (Å²) in [6.45, 7) is 0. The summed E-state index contributed by atoms with van der Waals surface area (Å²) in [6.07, 6.45) is 2.01. The van der Waals surface area contributed by atoms with Gasteiger partial charge in [0.25, 0.3) is 5.91 Å². The number of nitrogens with zero attached hydrogens (tertiary/aromatic N) is 1. The van der Waals surface area contributed by atoms with Gasteiger partial charge < -0.3 is 14.8 Å². The third-order valence-corrected chi connectivity index (χ3v) is 1.82. The predicted octanol–water partition coefficient (Wildman–Crippen LogP) is 1.29. The summed E-state index contributed by atoms with van der Waals surface area (Å²) in [5.41, 5.74) is 0.492. The number of amides is 1. The van der Waals surface area contributed by atoms with Gasteiger partial charge in [-0.05, 0) is 6.07 Å². The lowest BCUT2D eigenvalue weighted by atomic mass is 10.4. The van der Waals surface area contributed by atoms with Crippen LogP contribution in [0.4, 0.5) is 5.69 Å². The number of aromatic nitrogens is 1. The minimum absolute atomic E-state index is 0.413. The van der Waals surface area contributed by atoms with Crippen LogP contribution in [0.3, 0.4) is 0 Å². The van der Waals surface area contributed by atoms with Gasteiger partial charge in [0.1, 0.15) is 0 Å². The van der Waals surface area contributed by atoms with Crippen LogP contribution >= 0.6 is 11.6 Å². The number of carbonyl (C=O) groups excluding carboxylic acids is 1. The second-order valence-electron chi connectivity index (χ2n) is 2.68. The normalized spacial score (nSPS) is 10.4. The Labute approximate surface area is 92.4 Å². The lowest BCUT2D eigenvalue weighted by Gasteiger charge is -2.12. The second kappa shape index (κ2) is 5.65. The zero-order chi connectivity index (χ0) is 11.3. The number of nitrogens with one attached hydrogen (secondary N) is 1. The average Bonchev–Trinajstić information content (AvgIpc) is 2.19. The number of hydrogen-bond donors (Lipinski definition) is 1. The molecule has 1 N–H and O–H groups in total. The first-order valence-corrected chi connectivity index (χ1v) is 4.52. The molecule has 0 saturated heterocycles. The summed E-state index contributed by atoms with van der Waals surface area (Å²) in [5, 5.41) is 2.99. The van der Waals surface area contributed by atoms with Crippen molar-refractivity contribution in [3.05, 3.63) is 23.5 Å². The number of pyridine rings is 1. The van der Waals surface area contributed by atoms with E-state index in [2.05, 4.69) is 10.3 Å². The molecule has 0 aliphatic heterocycles. The first-order chi connectivity index (χ1) is 7.17. The summed E-state index contributed by atoms with van der Waals surface area (Å²) in [6, 6.07) is 1.58. The van der Waals surface area contributed by atoms with Crippen molar-refractivity contribution in [3.63, 3.8) is 0 Å².